The highest BCUT2D eigenvalue weighted by Gasteiger charge is 2.22. The molecule has 136 valence electrons. The van der Waals surface area contributed by atoms with Gasteiger partial charge < -0.3 is 4.90 Å². The second-order valence-corrected chi connectivity index (χ2v) is 7.28. The van der Waals surface area contributed by atoms with Gasteiger partial charge in [0.05, 0.1) is 0 Å². The summed E-state index contributed by atoms with van der Waals surface area (Å²) in [6, 6.07) is 26.4. The average Bonchev–Trinajstić information content (AvgIpc) is 2.62. The Hall–Kier alpha value is -2.36. The van der Waals surface area contributed by atoms with E-state index in [4.69, 9.17) is 0 Å². The Balaban J connectivity index is 2.09. The molecule has 0 aliphatic heterocycles. The van der Waals surface area contributed by atoms with E-state index < -0.39 is 0 Å². The summed E-state index contributed by atoms with van der Waals surface area (Å²) in [4.78, 5) is 2.34. The number of anilines is 2. The van der Waals surface area contributed by atoms with Crippen molar-refractivity contribution in [2.75, 3.05) is 4.90 Å². The Morgan fingerprint density at radius 2 is 1.19 bits per heavy atom. The van der Waals surface area contributed by atoms with E-state index >= 15 is 0 Å². The van der Waals surface area contributed by atoms with Crippen LogP contribution in [0, 0.1) is 0 Å². The van der Waals surface area contributed by atoms with E-state index in [1.165, 1.54) is 16.5 Å². The van der Waals surface area contributed by atoms with Gasteiger partial charge in [0.2, 0.25) is 0 Å². The molecule has 3 rings (SSSR count). The van der Waals surface area contributed by atoms with Crippen LogP contribution >= 0.6 is 0 Å². The minimum atomic E-state index is -0.00133. The molecule has 0 atom stereocenters. The third-order valence-electron chi connectivity index (χ3n) is 4.29. The van der Waals surface area contributed by atoms with Crippen LogP contribution in [0.25, 0.3) is 10.8 Å². The summed E-state index contributed by atoms with van der Waals surface area (Å²) in [5, 5.41) is 9.85. The number of hydrogen-bond acceptors (Lipinski definition) is 3. The lowest BCUT2D eigenvalue weighted by Gasteiger charge is -2.37. The van der Waals surface area contributed by atoms with Crippen molar-refractivity contribution >= 4 is 22.1 Å². The standard InChI is InChI=1S/C23H29N3/c1-17(2)24-23(25-18(3)4)26(21-12-6-5-7-13-21)22-15-14-19-10-8-9-11-20(19)16-22/h5-18,23-25H,1-4H3. The minimum Gasteiger partial charge on any atom is -0.313 e. The van der Waals surface area contributed by atoms with Gasteiger partial charge >= 0.3 is 0 Å². The van der Waals surface area contributed by atoms with Gasteiger partial charge in [0.25, 0.3) is 0 Å². The van der Waals surface area contributed by atoms with E-state index in [1.54, 1.807) is 0 Å². The van der Waals surface area contributed by atoms with E-state index in [0.717, 1.165) is 5.69 Å². The third kappa shape index (κ3) is 4.43. The Morgan fingerprint density at radius 1 is 0.615 bits per heavy atom. The van der Waals surface area contributed by atoms with Crippen molar-refractivity contribution in [2.24, 2.45) is 0 Å². The Labute approximate surface area is 157 Å². The van der Waals surface area contributed by atoms with Crippen LogP contribution in [0.4, 0.5) is 11.4 Å². The molecule has 2 N–H and O–H groups in total. The summed E-state index contributed by atoms with van der Waals surface area (Å²) >= 11 is 0. The molecule has 0 aromatic heterocycles. The van der Waals surface area contributed by atoms with E-state index in [9.17, 15) is 0 Å². The first-order chi connectivity index (χ1) is 12.5. The Kier molecular flexibility index (Phi) is 5.92. The van der Waals surface area contributed by atoms with Gasteiger partial charge in [-0.25, -0.2) is 0 Å². The topological polar surface area (TPSA) is 27.3 Å². The number of hydrogen-bond donors (Lipinski definition) is 2. The van der Waals surface area contributed by atoms with Crippen LogP contribution in [0.1, 0.15) is 27.7 Å². The van der Waals surface area contributed by atoms with E-state index in [2.05, 4.69) is 116 Å². The molecule has 3 nitrogen and oxygen atoms in total. The van der Waals surface area contributed by atoms with Crippen molar-refractivity contribution in [1.29, 1.82) is 0 Å². The predicted octanol–water partition coefficient (Wildman–Crippen LogP) is 5.26. The zero-order valence-corrected chi connectivity index (χ0v) is 16.1. The lowest BCUT2D eigenvalue weighted by Crippen LogP contribution is -2.57. The molecule has 3 heteroatoms. The molecule has 0 fully saturated rings. The molecule has 0 aliphatic rings. The van der Waals surface area contributed by atoms with Gasteiger partial charge in [-0.1, -0.05) is 48.5 Å². The number of rotatable bonds is 7. The first-order valence-electron chi connectivity index (χ1n) is 9.40. The summed E-state index contributed by atoms with van der Waals surface area (Å²) < 4.78 is 0. The quantitative estimate of drug-likeness (QED) is 0.571. The first-order valence-corrected chi connectivity index (χ1v) is 9.40. The van der Waals surface area contributed by atoms with Crippen LogP contribution in [0.15, 0.2) is 72.8 Å². The maximum Gasteiger partial charge on any atom is 0.139 e. The van der Waals surface area contributed by atoms with E-state index in [1.807, 2.05) is 0 Å². The molecular formula is C23H29N3. The van der Waals surface area contributed by atoms with Crippen LogP contribution in [0.3, 0.4) is 0 Å². The predicted molar refractivity (Wildman–Crippen MR) is 113 cm³/mol. The van der Waals surface area contributed by atoms with Crippen molar-refractivity contribution < 1.29 is 0 Å². The highest BCUT2D eigenvalue weighted by molar-refractivity contribution is 5.87. The number of nitrogens with one attached hydrogen (secondary N) is 2. The normalized spacial score (nSPS) is 11.7. The lowest BCUT2D eigenvalue weighted by atomic mass is 10.1. The number of para-hydroxylation sites is 1. The fourth-order valence-corrected chi connectivity index (χ4v) is 3.19. The summed E-state index contributed by atoms with van der Waals surface area (Å²) in [5.74, 6) is 0. The third-order valence-corrected chi connectivity index (χ3v) is 4.29. The summed E-state index contributed by atoms with van der Waals surface area (Å²) in [5.41, 5.74) is 2.33. The van der Waals surface area contributed by atoms with Gasteiger partial charge in [-0.05, 0) is 62.7 Å². The monoisotopic (exact) mass is 347 g/mol. The molecule has 0 unspecified atom stereocenters. The number of nitrogens with zero attached hydrogens (tertiary/aromatic N) is 1. The van der Waals surface area contributed by atoms with Crippen LogP contribution in [-0.2, 0) is 0 Å². The minimum absolute atomic E-state index is 0.00133. The van der Waals surface area contributed by atoms with E-state index in [-0.39, 0.29) is 6.29 Å². The molecule has 26 heavy (non-hydrogen) atoms. The van der Waals surface area contributed by atoms with Gasteiger partial charge in [-0.15, -0.1) is 0 Å². The lowest BCUT2D eigenvalue weighted by molar-refractivity contribution is 0.370. The highest BCUT2D eigenvalue weighted by atomic mass is 15.4. The first kappa shape index (κ1) is 18.4. The molecule has 0 amide bonds. The van der Waals surface area contributed by atoms with Crippen LogP contribution in [0.5, 0.6) is 0 Å². The number of fused-ring (bicyclic) bond motifs is 1. The van der Waals surface area contributed by atoms with Crippen LogP contribution in [-0.4, -0.2) is 18.4 Å². The van der Waals surface area contributed by atoms with Gasteiger partial charge in [-0.3, -0.25) is 10.6 Å². The second-order valence-electron chi connectivity index (χ2n) is 7.28. The maximum atomic E-state index is 3.67. The molecule has 0 bridgehead atoms. The van der Waals surface area contributed by atoms with Crippen molar-refractivity contribution in [3.05, 3.63) is 72.8 Å². The van der Waals surface area contributed by atoms with Gasteiger partial charge in [0, 0.05) is 23.5 Å². The Bertz CT molecular complexity index is 817. The van der Waals surface area contributed by atoms with Gasteiger partial charge in [0.15, 0.2) is 0 Å². The maximum absolute atomic E-state index is 3.67. The fourth-order valence-electron chi connectivity index (χ4n) is 3.19. The summed E-state index contributed by atoms with van der Waals surface area (Å²) in [7, 11) is 0. The van der Waals surface area contributed by atoms with Crippen molar-refractivity contribution in [1.82, 2.24) is 10.6 Å². The van der Waals surface area contributed by atoms with Crippen LogP contribution < -0.4 is 15.5 Å². The molecule has 3 aromatic carbocycles. The fraction of sp³-hybridized carbons (Fsp3) is 0.304. The Morgan fingerprint density at radius 3 is 1.81 bits per heavy atom. The molecule has 0 radical (unpaired) electrons. The van der Waals surface area contributed by atoms with Crippen LogP contribution in [0.2, 0.25) is 0 Å². The smallest absolute Gasteiger partial charge is 0.139 e. The zero-order valence-electron chi connectivity index (χ0n) is 16.1. The van der Waals surface area contributed by atoms with Gasteiger partial charge in [-0.2, -0.15) is 0 Å². The van der Waals surface area contributed by atoms with Crippen molar-refractivity contribution in [3.63, 3.8) is 0 Å². The molecule has 0 saturated heterocycles. The summed E-state index contributed by atoms with van der Waals surface area (Å²) in [6.07, 6.45) is -0.00133. The molecule has 0 aliphatic carbocycles. The molecular weight excluding hydrogens is 318 g/mol. The summed E-state index contributed by atoms with van der Waals surface area (Å²) in [6.45, 7) is 8.72. The second kappa shape index (κ2) is 8.35. The molecule has 3 aromatic rings. The van der Waals surface area contributed by atoms with E-state index in [0.29, 0.717) is 12.1 Å². The van der Waals surface area contributed by atoms with Gasteiger partial charge in [0.1, 0.15) is 6.29 Å². The highest BCUT2D eigenvalue weighted by Crippen LogP contribution is 2.29. The SMILES string of the molecule is CC(C)NC(NC(C)C)N(c1ccccc1)c1ccc2ccccc2c1. The molecule has 0 spiro atoms. The molecule has 0 heterocycles. The largest absolute Gasteiger partial charge is 0.313 e. The van der Waals surface area contributed by atoms with Crippen molar-refractivity contribution in [2.45, 2.75) is 46.1 Å². The average molecular weight is 348 g/mol. The van der Waals surface area contributed by atoms with Crippen molar-refractivity contribution in [3.8, 4) is 0 Å². The molecule has 0 saturated carbocycles. The number of benzene rings is 3. The zero-order chi connectivity index (χ0) is 18.5.